The molecule has 1 aliphatic heterocycles. The molecule has 13 heteroatoms. The second-order valence-electron chi connectivity index (χ2n) is 7.98. The van der Waals surface area contributed by atoms with Gasteiger partial charge < -0.3 is 9.84 Å². The standard InChI is InChI=1S/C23H13Cl3F5NO4/c1-3-8-4-5-22(25)20(34)32(18-16(30)14(28)13(27)15(29)17(18)31)21(35)23(22,26)12(8)9-6-10(24)19(33)11(7-9)36-2/h3-4,6-7,12,33H,1,5H2,2H3/t12-,22-,23+/m1/s1. The normalized spacial score (nSPS) is 25.6. The van der Waals surface area contributed by atoms with Crippen molar-refractivity contribution in [2.24, 2.45) is 0 Å². The summed E-state index contributed by atoms with van der Waals surface area (Å²) >= 11 is 19.5. The lowest BCUT2D eigenvalue weighted by Crippen LogP contribution is -2.54. The Bertz CT molecular complexity index is 1370. The quantitative estimate of drug-likeness (QED) is 0.165. The number of allylic oxidation sites excluding steroid dienone is 3. The van der Waals surface area contributed by atoms with Crippen LogP contribution in [-0.2, 0) is 9.59 Å². The third-order valence-corrected chi connectivity index (χ3v) is 7.93. The molecule has 2 aliphatic rings. The molecule has 2 amide bonds. The minimum absolute atomic E-state index is 0.0703. The van der Waals surface area contributed by atoms with Gasteiger partial charge in [-0.25, -0.2) is 26.9 Å². The molecule has 0 radical (unpaired) electrons. The number of methoxy groups -OCH3 is 1. The number of phenols is 1. The van der Waals surface area contributed by atoms with Gasteiger partial charge in [-0.15, -0.1) is 23.2 Å². The highest BCUT2D eigenvalue weighted by Crippen LogP contribution is 2.60. The van der Waals surface area contributed by atoms with Crippen molar-refractivity contribution in [3.63, 3.8) is 0 Å². The lowest BCUT2D eigenvalue weighted by atomic mass is 9.68. The number of alkyl halides is 2. The van der Waals surface area contributed by atoms with Crippen molar-refractivity contribution in [1.82, 2.24) is 0 Å². The Kier molecular flexibility index (Phi) is 6.30. The third-order valence-electron chi connectivity index (χ3n) is 6.23. The molecule has 2 aromatic carbocycles. The molecule has 2 aromatic rings. The van der Waals surface area contributed by atoms with E-state index >= 15 is 0 Å². The molecule has 0 spiro atoms. The summed E-state index contributed by atoms with van der Waals surface area (Å²) in [5.74, 6) is -17.1. The number of aromatic hydroxyl groups is 1. The summed E-state index contributed by atoms with van der Waals surface area (Å²) in [6.45, 7) is 3.64. The maximum atomic E-state index is 14.6. The monoisotopic (exact) mass is 567 g/mol. The highest BCUT2D eigenvalue weighted by molar-refractivity contribution is 6.58. The summed E-state index contributed by atoms with van der Waals surface area (Å²) in [5.41, 5.74) is -1.51. The van der Waals surface area contributed by atoms with Crippen LogP contribution in [0.4, 0.5) is 27.6 Å². The van der Waals surface area contributed by atoms with Crippen LogP contribution in [0.15, 0.2) is 36.4 Å². The van der Waals surface area contributed by atoms with Crippen molar-refractivity contribution in [2.75, 3.05) is 12.0 Å². The van der Waals surface area contributed by atoms with Crippen molar-refractivity contribution < 1.29 is 41.4 Å². The van der Waals surface area contributed by atoms with Crippen LogP contribution in [0, 0.1) is 29.1 Å². The average molecular weight is 569 g/mol. The van der Waals surface area contributed by atoms with Crippen LogP contribution in [0.1, 0.15) is 17.9 Å². The summed E-state index contributed by atoms with van der Waals surface area (Å²) in [6, 6.07) is 2.42. The first-order valence-corrected chi connectivity index (χ1v) is 11.1. The topological polar surface area (TPSA) is 66.8 Å². The lowest BCUT2D eigenvalue weighted by Gasteiger charge is -2.42. The van der Waals surface area contributed by atoms with E-state index in [1.165, 1.54) is 31.4 Å². The van der Waals surface area contributed by atoms with E-state index in [0.717, 1.165) is 0 Å². The number of anilines is 1. The summed E-state index contributed by atoms with van der Waals surface area (Å²) in [7, 11) is 1.21. The molecule has 5 nitrogen and oxygen atoms in total. The fourth-order valence-corrected chi connectivity index (χ4v) is 5.55. The van der Waals surface area contributed by atoms with Crippen molar-refractivity contribution in [3.05, 3.63) is 76.1 Å². The Balaban J connectivity index is 2.01. The molecular weight excluding hydrogens is 556 g/mol. The molecule has 1 N–H and O–H groups in total. The molecule has 1 aliphatic carbocycles. The highest BCUT2D eigenvalue weighted by Gasteiger charge is 2.73. The second-order valence-corrected chi connectivity index (χ2v) is 9.62. The molecule has 36 heavy (non-hydrogen) atoms. The predicted octanol–water partition coefficient (Wildman–Crippen LogP) is 5.88. The van der Waals surface area contributed by atoms with Crippen LogP contribution >= 0.6 is 34.8 Å². The van der Waals surface area contributed by atoms with E-state index in [4.69, 9.17) is 39.5 Å². The molecule has 0 unspecified atom stereocenters. The third kappa shape index (κ3) is 3.20. The number of phenolic OH excluding ortho intramolecular Hbond substituents is 1. The van der Waals surface area contributed by atoms with Gasteiger partial charge in [0.1, 0.15) is 5.69 Å². The van der Waals surface area contributed by atoms with E-state index in [0.29, 0.717) is 0 Å². The summed E-state index contributed by atoms with van der Waals surface area (Å²) in [6.07, 6.45) is 2.19. The number of rotatable bonds is 4. The number of nitrogens with zero attached hydrogens (tertiary/aromatic N) is 1. The van der Waals surface area contributed by atoms with Gasteiger partial charge in [0, 0.05) is 5.92 Å². The Hall–Kier alpha value is -2.82. The van der Waals surface area contributed by atoms with Crippen LogP contribution in [0.3, 0.4) is 0 Å². The van der Waals surface area contributed by atoms with Crippen LogP contribution < -0.4 is 9.64 Å². The number of hydrogen-bond acceptors (Lipinski definition) is 4. The lowest BCUT2D eigenvalue weighted by molar-refractivity contribution is -0.122. The van der Waals surface area contributed by atoms with Gasteiger partial charge >= 0.3 is 0 Å². The maximum Gasteiger partial charge on any atom is 0.258 e. The fraction of sp³-hybridized carbons (Fsp3) is 0.217. The summed E-state index contributed by atoms with van der Waals surface area (Å²) in [4.78, 5) is 21.8. The number of benzene rings is 2. The number of fused-ring (bicyclic) bond motifs is 1. The summed E-state index contributed by atoms with van der Waals surface area (Å²) < 4.78 is 75.9. The van der Waals surface area contributed by atoms with Crippen molar-refractivity contribution >= 4 is 52.3 Å². The van der Waals surface area contributed by atoms with Gasteiger partial charge in [0.15, 0.2) is 44.5 Å². The van der Waals surface area contributed by atoms with Crippen LogP contribution in [-0.4, -0.2) is 33.8 Å². The highest BCUT2D eigenvalue weighted by atomic mass is 35.5. The van der Waals surface area contributed by atoms with Gasteiger partial charge in [0.05, 0.1) is 12.1 Å². The van der Waals surface area contributed by atoms with Gasteiger partial charge in [0.25, 0.3) is 11.8 Å². The van der Waals surface area contributed by atoms with Crippen molar-refractivity contribution in [3.8, 4) is 11.5 Å². The van der Waals surface area contributed by atoms with E-state index < -0.39 is 74.4 Å². The maximum absolute atomic E-state index is 14.6. The second kappa shape index (κ2) is 8.64. The first-order valence-electron chi connectivity index (χ1n) is 9.95. The van der Waals surface area contributed by atoms with E-state index in [2.05, 4.69) is 6.58 Å². The van der Waals surface area contributed by atoms with Gasteiger partial charge in [0.2, 0.25) is 5.82 Å². The van der Waals surface area contributed by atoms with Gasteiger partial charge in [-0.05, 0) is 29.7 Å². The molecule has 0 bridgehead atoms. The Labute approximate surface area is 215 Å². The molecule has 4 rings (SSSR count). The molecular formula is C23H13Cl3F5NO4. The van der Waals surface area contributed by atoms with Crippen LogP contribution in [0.25, 0.3) is 0 Å². The Morgan fingerprint density at radius 2 is 1.61 bits per heavy atom. The Morgan fingerprint density at radius 1 is 1.06 bits per heavy atom. The minimum atomic E-state index is -2.56. The fourth-order valence-electron chi connectivity index (χ4n) is 4.48. The predicted molar refractivity (Wildman–Crippen MR) is 121 cm³/mol. The number of amides is 2. The molecule has 1 heterocycles. The molecule has 190 valence electrons. The van der Waals surface area contributed by atoms with Gasteiger partial charge in [-0.1, -0.05) is 30.3 Å². The zero-order valence-corrected chi connectivity index (χ0v) is 20.2. The SMILES string of the molecule is C=CC1=CC[C@@]2(Cl)C(=O)N(c3c(F)c(F)c(F)c(F)c3F)C(=O)[C@@]2(Cl)[C@H]1c1cc(Cl)c(O)c(OC)c1. The molecule has 0 saturated carbocycles. The first-order chi connectivity index (χ1) is 16.8. The van der Waals surface area contributed by atoms with Crippen LogP contribution in [0.5, 0.6) is 11.5 Å². The Morgan fingerprint density at radius 3 is 2.14 bits per heavy atom. The van der Waals surface area contributed by atoms with Crippen molar-refractivity contribution in [2.45, 2.75) is 22.1 Å². The first kappa shape index (κ1) is 26.2. The van der Waals surface area contributed by atoms with E-state index in [9.17, 15) is 36.6 Å². The average Bonchev–Trinajstić information content (AvgIpc) is 3.00. The number of hydrogen-bond donors (Lipinski definition) is 1. The zero-order chi connectivity index (χ0) is 26.9. The number of imide groups is 1. The number of halogens is 8. The zero-order valence-electron chi connectivity index (χ0n) is 17.9. The number of carbonyl (C=O) groups excluding carboxylic acids is 2. The van der Waals surface area contributed by atoms with E-state index in [1.807, 2.05) is 0 Å². The number of ether oxygens (including phenoxy) is 1. The van der Waals surface area contributed by atoms with Gasteiger partial charge in [-0.2, -0.15) is 0 Å². The van der Waals surface area contributed by atoms with Gasteiger partial charge in [-0.3, -0.25) is 9.59 Å². The molecule has 0 aromatic heterocycles. The smallest absolute Gasteiger partial charge is 0.258 e. The number of carbonyl (C=O) groups is 2. The van der Waals surface area contributed by atoms with Crippen molar-refractivity contribution in [1.29, 1.82) is 0 Å². The van der Waals surface area contributed by atoms with Crippen LogP contribution in [0.2, 0.25) is 5.02 Å². The van der Waals surface area contributed by atoms with E-state index in [-0.39, 0.29) is 26.8 Å². The summed E-state index contributed by atoms with van der Waals surface area (Å²) in [5, 5.41) is 9.86. The van der Waals surface area contributed by atoms with E-state index in [1.54, 1.807) is 0 Å². The molecule has 3 atom stereocenters. The largest absolute Gasteiger partial charge is 0.503 e. The molecule has 1 saturated heterocycles. The molecule has 1 fully saturated rings. The minimum Gasteiger partial charge on any atom is -0.503 e.